The van der Waals surface area contributed by atoms with Crippen LogP contribution in [0, 0.1) is 12.8 Å². The van der Waals surface area contributed by atoms with Crippen molar-refractivity contribution in [2.45, 2.75) is 46.5 Å². The Morgan fingerprint density at radius 2 is 2.08 bits per heavy atom. The Balaban J connectivity index is 1.85. The summed E-state index contributed by atoms with van der Waals surface area (Å²) in [6, 6.07) is 8.50. The average Bonchev–Trinajstić information content (AvgIpc) is 2.92. The largest absolute Gasteiger partial charge is 0.339 e. The van der Waals surface area contributed by atoms with Gasteiger partial charge in [-0.25, -0.2) is 9.97 Å². The third-order valence-corrected chi connectivity index (χ3v) is 6.07. The molecule has 4 heteroatoms. The van der Waals surface area contributed by atoms with Gasteiger partial charge in [-0.1, -0.05) is 32.0 Å². The molecule has 1 atom stereocenters. The topological polar surface area (TPSA) is 37.8 Å². The lowest BCUT2D eigenvalue weighted by Gasteiger charge is -2.18. The van der Waals surface area contributed by atoms with E-state index in [1.165, 1.54) is 34.2 Å². The van der Waals surface area contributed by atoms with Crippen molar-refractivity contribution >= 4 is 33.1 Å². The Bertz CT molecular complexity index is 897. The maximum atomic E-state index is 4.76. The zero-order chi connectivity index (χ0) is 16.7. The molecule has 24 heavy (non-hydrogen) atoms. The highest BCUT2D eigenvalue weighted by atomic mass is 32.1. The van der Waals surface area contributed by atoms with E-state index < -0.39 is 0 Å². The smallest absolute Gasteiger partial charge is 0.143 e. The van der Waals surface area contributed by atoms with Crippen LogP contribution in [0.2, 0.25) is 0 Å². The van der Waals surface area contributed by atoms with Crippen LogP contribution in [0.15, 0.2) is 24.3 Å². The molecule has 0 aliphatic heterocycles. The zero-order valence-corrected chi connectivity index (χ0v) is 15.3. The molecule has 1 unspecified atom stereocenters. The third kappa shape index (κ3) is 2.69. The number of aromatic nitrogens is 2. The molecular formula is C20H23N3S. The molecule has 0 spiro atoms. The third-order valence-electron chi connectivity index (χ3n) is 4.92. The Morgan fingerprint density at radius 3 is 2.92 bits per heavy atom. The summed E-state index contributed by atoms with van der Waals surface area (Å²) in [6.45, 7) is 6.52. The summed E-state index contributed by atoms with van der Waals surface area (Å²) < 4.78 is 0. The molecule has 0 fully saturated rings. The maximum absolute atomic E-state index is 4.76. The standard InChI is InChI=1S/C20H23N3S/c1-4-14-7-5-6-8-16(14)23-19-18-15-10-9-12(2)11-17(15)24-20(18)22-13(3)21-19/h5-8,12H,4,9-11H2,1-3H3,(H,21,22,23). The SMILES string of the molecule is CCc1ccccc1Nc1nc(C)nc2sc3c(c12)CCC(C)C3. The number of aryl methyl sites for hydroxylation is 3. The lowest BCUT2D eigenvalue weighted by atomic mass is 9.89. The first-order valence-electron chi connectivity index (χ1n) is 8.79. The summed E-state index contributed by atoms with van der Waals surface area (Å²) in [5.41, 5.74) is 3.95. The Morgan fingerprint density at radius 1 is 1.25 bits per heavy atom. The highest BCUT2D eigenvalue weighted by Gasteiger charge is 2.23. The monoisotopic (exact) mass is 337 g/mol. The second-order valence-electron chi connectivity index (χ2n) is 6.79. The normalized spacial score (nSPS) is 17.0. The van der Waals surface area contributed by atoms with Gasteiger partial charge in [0.2, 0.25) is 0 Å². The van der Waals surface area contributed by atoms with Gasteiger partial charge in [0, 0.05) is 10.6 Å². The van der Waals surface area contributed by atoms with Crippen LogP contribution >= 0.6 is 11.3 Å². The minimum Gasteiger partial charge on any atom is -0.339 e. The van der Waals surface area contributed by atoms with Crippen molar-refractivity contribution in [3.8, 4) is 0 Å². The van der Waals surface area contributed by atoms with E-state index in [4.69, 9.17) is 9.97 Å². The van der Waals surface area contributed by atoms with Gasteiger partial charge in [0.05, 0.1) is 5.39 Å². The lowest BCUT2D eigenvalue weighted by molar-refractivity contribution is 0.509. The summed E-state index contributed by atoms with van der Waals surface area (Å²) in [5.74, 6) is 2.59. The summed E-state index contributed by atoms with van der Waals surface area (Å²) in [4.78, 5) is 12.1. The van der Waals surface area contributed by atoms with Crippen molar-refractivity contribution in [2.75, 3.05) is 5.32 Å². The summed E-state index contributed by atoms with van der Waals surface area (Å²) in [6.07, 6.45) is 4.60. The fourth-order valence-corrected chi connectivity index (χ4v) is 5.05. The molecule has 1 aliphatic rings. The average molecular weight is 337 g/mol. The van der Waals surface area contributed by atoms with E-state index in [-0.39, 0.29) is 0 Å². The fraction of sp³-hybridized carbons (Fsp3) is 0.400. The van der Waals surface area contributed by atoms with Crippen LogP contribution in [0.5, 0.6) is 0 Å². The fourth-order valence-electron chi connectivity index (χ4n) is 3.62. The van der Waals surface area contributed by atoms with E-state index in [1.807, 2.05) is 18.3 Å². The minimum absolute atomic E-state index is 0.775. The molecule has 2 aromatic heterocycles. The molecule has 0 bridgehead atoms. The predicted octanol–water partition coefficient (Wildman–Crippen LogP) is 5.43. The number of hydrogen-bond donors (Lipinski definition) is 1. The highest BCUT2D eigenvalue weighted by molar-refractivity contribution is 7.19. The second-order valence-corrected chi connectivity index (χ2v) is 7.87. The van der Waals surface area contributed by atoms with Gasteiger partial charge in [-0.15, -0.1) is 11.3 Å². The second kappa shape index (κ2) is 6.17. The van der Waals surface area contributed by atoms with Crippen LogP contribution in [-0.4, -0.2) is 9.97 Å². The first-order valence-corrected chi connectivity index (χ1v) is 9.61. The summed E-state index contributed by atoms with van der Waals surface area (Å²) in [5, 5.41) is 4.86. The molecule has 2 heterocycles. The van der Waals surface area contributed by atoms with Crippen molar-refractivity contribution in [3.63, 3.8) is 0 Å². The molecule has 1 N–H and O–H groups in total. The Labute approximate surface area is 147 Å². The molecule has 1 aliphatic carbocycles. The van der Waals surface area contributed by atoms with Crippen molar-refractivity contribution in [1.29, 1.82) is 0 Å². The molecule has 4 rings (SSSR count). The van der Waals surface area contributed by atoms with Crippen molar-refractivity contribution in [3.05, 3.63) is 46.1 Å². The van der Waals surface area contributed by atoms with Crippen LogP contribution in [-0.2, 0) is 19.3 Å². The van der Waals surface area contributed by atoms with Gasteiger partial charge < -0.3 is 5.32 Å². The van der Waals surface area contributed by atoms with Gasteiger partial charge in [0.25, 0.3) is 0 Å². The molecule has 0 saturated heterocycles. The molecule has 0 radical (unpaired) electrons. The molecule has 0 amide bonds. The molecular weight excluding hydrogens is 314 g/mol. The zero-order valence-electron chi connectivity index (χ0n) is 14.5. The van der Waals surface area contributed by atoms with Crippen molar-refractivity contribution < 1.29 is 0 Å². The number of benzene rings is 1. The number of nitrogens with one attached hydrogen (secondary N) is 1. The van der Waals surface area contributed by atoms with E-state index in [1.54, 1.807) is 0 Å². The van der Waals surface area contributed by atoms with Crippen LogP contribution in [0.3, 0.4) is 0 Å². The van der Waals surface area contributed by atoms with Crippen LogP contribution in [0.25, 0.3) is 10.2 Å². The molecule has 124 valence electrons. The Hall–Kier alpha value is -1.94. The Kier molecular flexibility index (Phi) is 4.01. The van der Waals surface area contributed by atoms with Crippen molar-refractivity contribution in [1.82, 2.24) is 9.97 Å². The number of rotatable bonds is 3. The van der Waals surface area contributed by atoms with Crippen LogP contribution in [0.1, 0.15) is 42.1 Å². The van der Waals surface area contributed by atoms with Gasteiger partial charge in [-0.3, -0.25) is 0 Å². The number of thiophene rings is 1. The van der Waals surface area contributed by atoms with Gasteiger partial charge in [-0.2, -0.15) is 0 Å². The van der Waals surface area contributed by atoms with E-state index >= 15 is 0 Å². The first kappa shape index (κ1) is 15.6. The van der Waals surface area contributed by atoms with E-state index in [0.29, 0.717) is 0 Å². The predicted molar refractivity (Wildman–Crippen MR) is 102 cm³/mol. The first-order chi connectivity index (χ1) is 11.7. The van der Waals surface area contributed by atoms with E-state index in [2.05, 4.69) is 43.4 Å². The lowest BCUT2D eigenvalue weighted by Crippen LogP contribution is -2.09. The number of para-hydroxylation sites is 1. The van der Waals surface area contributed by atoms with E-state index in [9.17, 15) is 0 Å². The molecule has 1 aromatic carbocycles. The van der Waals surface area contributed by atoms with Gasteiger partial charge in [0.15, 0.2) is 0 Å². The summed E-state index contributed by atoms with van der Waals surface area (Å²) in [7, 11) is 0. The molecule has 3 nitrogen and oxygen atoms in total. The molecule has 3 aromatic rings. The van der Waals surface area contributed by atoms with Crippen LogP contribution in [0.4, 0.5) is 11.5 Å². The quantitative estimate of drug-likeness (QED) is 0.692. The summed E-state index contributed by atoms with van der Waals surface area (Å²) >= 11 is 1.86. The maximum Gasteiger partial charge on any atom is 0.143 e. The van der Waals surface area contributed by atoms with Gasteiger partial charge in [-0.05, 0) is 55.7 Å². The minimum atomic E-state index is 0.775. The highest BCUT2D eigenvalue weighted by Crippen LogP contribution is 2.40. The number of anilines is 2. The molecule has 0 saturated carbocycles. The number of fused-ring (bicyclic) bond motifs is 3. The van der Waals surface area contributed by atoms with Gasteiger partial charge in [0.1, 0.15) is 16.5 Å². The number of hydrogen-bond acceptors (Lipinski definition) is 4. The van der Waals surface area contributed by atoms with Crippen molar-refractivity contribution in [2.24, 2.45) is 5.92 Å². The van der Waals surface area contributed by atoms with Gasteiger partial charge >= 0.3 is 0 Å². The number of nitrogens with zero attached hydrogens (tertiary/aromatic N) is 2. The van der Waals surface area contributed by atoms with Crippen LogP contribution < -0.4 is 5.32 Å². The van der Waals surface area contributed by atoms with E-state index in [0.717, 1.165) is 40.9 Å².